The Morgan fingerprint density at radius 1 is 0.944 bits per heavy atom. The van der Waals surface area contributed by atoms with E-state index in [0.29, 0.717) is 35.7 Å². The highest BCUT2D eigenvalue weighted by Gasteiger charge is 2.67. The summed E-state index contributed by atoms with van der Waals surface area (Å²) in [5.41, 5.74) is 0.975. The van der Waals surface area contributed by atoms with Gasteiger partial charge in [-0.2, -0.15) is 0 Å². The number of amides is 1. The Morgan fingerprint density at radius 3 is 2.19 bits per heavy atom. The fourth-order valence-corrected chi connectivity index (χ4v) is 13.0. The lowest BCUT2D eigenvalue weighted by Gasteiger charge is -2.68. The van der Waals surface area contributed by atoms with Crippen LogP contribution in [0.25, 0.3) is 0 Å². The number of esters is 1. The summed E-state index contributed by atoms with van der Waals surface area (Å²) in [5.74, 6) is 0.165. The van der Waals surface area contributed by atoms with Crippen LogP contribution in [0.1, 0.15) is 132 Å². The van der Waals surface area contributed by atoms with E-state index in [1.54, 1.807) is 25.7 Å². The summed E-state index contributed by atoms with van der Waals surface area (Å²) >= 11 is 6.13. The molecule has 9 heteroatoms. The van der Waals surface area contributed by atoms with Gasteiger partial charge in [0, 0.05) is 42.3 Å². The van der Waals surface area contributed by atoms with E-state index in [1.165, 1.54) is 5.57 Å². The number of benzene rings is 1. The second-order valence-corrected chi connectivity index (χ2v) is 20.4. The zero-order chi connectivity index (χ0) is 39.8. The Balaban J connectivity index is 1.26. The van der Waals surface area contributed by atoms with E-state index in [-0.39, 0.29) is 58.8 Å². The number of hydrogen-bond acceptors (Lipinski definition) is 6. The first-order valence-electron chi connectivity index (χ1n) is 20.5. The number of ketones is 1. The summed E-state index contributed by atoms with van der Waals surface area (Å²) in [4.78, 5) is 53.6. The van der Waals surface area contributed by atoms with Gasteiger partial charge in [-0.1, -0.05) is 70.8 Å². The number of aliphatic hydroxyl groups is 1. The van der Waals surface area contributed by atoms with E-state index in [4.69, 9.17) is 16.3 Å². The van der Waals surface area contributed by atoms with Gasteiger partial charge in [0.1, 0.15) is 6.10 Å². The van der Waals surface area contributed by atoms with E-state index in [9.17, 15) is 29.4 Å². The fourth-order valence-electron chi connectivity index (χ4n) is 12.9. The van der Waals surface area contributed by atoms with Crippen LogP contribution in [0.4, 0.5) is 0 Å². The highest BCUT2D eigenvalue weighted by atomic mass is 35.5. The van der Waals surface area contributed by atoms with Crippen LogP contribution in [0, 0.1) is 56.7 Å². The monoisotopic (exact) mass is 765 g/mol. The molecule has 0 spiro atoms. The van der Waals surface area contributed by atoms with Crippen molar-refractivity contribution >= 4 is 35.2 Å². The van der Waals surface area contributed by atoms with Crippen molar-refractivity contribution in [2.75, 3.05) is 6.54 Å². The van der Waals surface area contributed by atoms with Crippen LogP contribution >= 0.6 is 11.6 Å². The highest BCUT2D eigenvalue weighted by molar-refractivity contribution is 6.30. The number of ether oxygens (including phenoxy) is 1. The largest absolute Gasteiger partial charge is 0.481 e. The van der Waals surface area contributed by atoms with Crippen molar-refractivity contribution in [3.63, 3.8) is 0 Å². The maximum Gasteiger partial charge on any atom is 0.309 e. The molecule has 4 saturated carbocycles. The van der Waals surface area contributed by atoms with Gasteiger partial charge < -0.3 is 19.8 Å². The van der Waals surface area contributed by atoms with Crippen molar-refractivity contribution in [3.05, 3.63) is 46.0 Å². The van der Waals surface area contributed by atoms with Crippen LogP contribution in [0.5, 0.6) is 0 Å². The van der Waals surface area contributed by atoms with Gasteiger partial charge in [0.05, 0.1) is 17.9 Å². The predicted molar refractivity (Wildman–Crippen MR) is 209 cm³/mol. The van der Waals surface area contributed by atoms with Crippen molar-refractivity contribution in [1.82, 2.24) is 4.90 Å². The first-order chi connectivity index (χ1) is 25.1. The fraction of sp³-hybridized carbons (Fsp3) is 0.733. The number of allylic oxidation sites excluding steroid dienone is 1. The Kier molecular flexibility index (Phi) is 10.9. The number of carbonyl (C=O) groups excluding carboxylic acids is 3. The molecule has 1 aromatic carbocycles. The minimum Gasteiger partial charge on any atom is -0.481 e. The maximum absolute atomic E-state index is 14.1. The molecule has 0 unspecified atom stereocenters. The summed E-state index contributed by atoms with van der Waals surface area (Å²) in [6.07, 6.45) is 6.54. The SMILES string of the molecule is CC(=O)N(Cc1ccc(Cl)cc1)C[C@@H](O)[C@@]12CC[C@]3(C)[C@H](CC[C@H]4[C@H]3CC[C@H]3C(C)(C)[C@@H](OC(=O)CC(C)(C)C(=O)O)CC[C@]43C)C1=C(C(C)C)C(=O)C2. The second-order valence-electron chi connectivity index (χ2n) is 20.0. The minimum absolute atomic E-state index is 0.0281. The first kappa shape index (κ1) is 40.9. The molecule has 1 aromatic rings. The Labute approximate surface area is 327 Å². The molecule has 0 aliphatic heterocycles. The number of fused-ring (bicyclic) bond motifs is 7. The summed E-state index contributed by atoms with van der Waals surface area (Å²) in [6.45, 7) is 18.9. The quantitative estimate of drug-likeness (QED) is 0.228. The molecule has 1 amide bonds. The number of halogens is 1. The number of carbonyl (C=O) groups is 4. The number of Topliss-reactive ketones (excluding diaryl/α,β-unsaturated/α-hetero) is 1. The smallest absolute Gasteiger partial charge is 0.309 e. The molecule has 5 aliphatic carbocycles. The molecule has 2 N–H and O–H groups in total. The highest BCUT2D eigenvalue weighted by Crippen LogP contribution is 2.73. The van der Waals surface area contributed by atoms with E-state index >= 15 is 0 Å². The number of carboxylic acids is 1. The van der Waals surface area contributed by atoms with Crippen LogP contribution in [0.3, 0.4) is 0 Å². The third-order valence-corrected chi connectivity index (χ3v) is 16.1. The van der Waals surface area contributed by atoms with E-state index < -0.39 is 28.9 Å². The lowest BCUT2D eigenvalue weighted by molar-refractivity contribution is -0.205. The summed E-state index contributed by atoms with van der Waals surface area (Å²) in [5, 5.41) is 22.6. The van der Waals surface area contributed by atoms with Crippen molar-refractivity contribution in [2.24, 2.45) is 56.7 Å². The van der Waals surface area contributed by atoms with Crippen LogP contribution in [0.2, 0.25) is 5.02 Å². The summed E-state index contributed by atoms with van der Waals surface area (Å²) in [6, 6.07) is 7.45. The molecule has 0 bridgehead atoms. The van der Waals surface area contributed by atoms with Gasteiger partial charge in [-0.25, -0.2) is 0 Å². The Bertz CT molecular complexity index is 1700. The molecule has 9 atom stereocenters. The molecule has 6 rings (SSSR count). The lowest BCUT2D eigenvalue weighted by atomic mass is 9.37. The number of carboxylic acid groups (broad SMARTS) is 1. The third-order valence-electron chi connectivity index (χ3n) is 15.8. The van der Waals surface area contributed by atoms with Crippen LogP contribution in [0.15, 0.2) is 35.4 Å². The number of hydrogen-bond donors (Lipinski definition) is 2. The molecule has 0 heterocycles. The van der Waals surface area contributed by atoms with Gasteiger partial charge in [0.25, 0.3) is 0 Å². The summed E-state index contributed by atoms with van der Waals surface area (Å²) < 4.78 is 6.14. The second kappa shape index (κ2) is 14.3. The maximum atomic E-state index is 14.1. The third kappa shape index (κ3) is 6.77. The Hall–Kier alpha value is -2.71. The average Bonchev–Trinajstić information content (AvgIpc) is 3.39. The molecule has 8 nitrogen and oxygen atoms in total. The lowest BCUT2D eigenvalue weighted by Crippen LogP contribution is -2.62. The van der Waals surface area contributed by atoms with Crippen LogP contribution in [-0.2, 0) is 30.5 Å². The van der Waals surface area contributed by atoms with Crippen molar-refractivity contribution in [2.45, 2.75) is 145 Å². The van der Waals surface area contributed by atoms with Gasteiger partial charge >= 0.3 is 11.9 Å². The van der Waals surface area contributed by atoms with Crippen molar-refractivity contribution in [1.29, 1.82) is 0 Å². The zero-order valence-electron chi connectivity index (χ0n) is 34.1. The minimum atomic E-state index is -1.18. The molecule has 298 valence electrons. The van der Waals surface area contributed by atoms with Crippen LogP contribution < -0.4 is 0 Å². The van der Waals surface area contributed by atoms with E-state index in [2.05, 4.69) is 41.5 Å². The molecular weight excluding hydrogens is 702 g/mol. The summed E-state index contributed by atoms with van der Waals surface area (Å²) in [7, 11) is 0. The molecule has 4 fully saturated rings. The molecular formula is C45H64ClNO7. The number of nitrogens with zero attached hydrogens (tertiary/aromatic N) is 1. The van der Waals surface area contributed by atoms with Gasteiger partial charge in [-0.15, -0.1) is 0 Å². The van der Waals surface area contributed by atoms with E-state index in [0.717, 1.165) is 62.5 Å². The molecule has 5 aliphatic rings. The van der Waals surface area contributed by atoms with Gasteiger partial charge in [-0.3, -0.25) is 19.2 Å². The van der Waals surface area contributed by atoms with Gasteiger partial charge in [-0.05, 0) is 129 Å². The topological polar surface area (TPSA) is 121 Å². The standard InChI is InChI=1S/C45H64ClNO7/c1-26(2)38-33(49)22-45(35(50)25-47(27(3)48)24-28-10-12-29(46)13-11-28)21-20-43(8)30-16-17-34-42(6,7)36(54-37(51)23-41(4,5)40(52)53)18-19-44(34,9)31(30)14-15-32(43)39(38)45/h10-13,26,30-32,34-36,50H,14-25H2,1-9H3,(H,52,53)/t30-,31+,32-,34+,35-,36+,43+,44-,45+/m1/s1. The average molecular weight is 766 g/mol. The molecule has 0 saturated heterocycles. The molecule has 0 aromatic heterocycles. The van der Waals surface area contributed by atoms with Crippen LogP contribution in [-0.4, -0.2) is 57.5 Å². The van der Waals surface area contributed by atoms with Gasteiger partial charge in [0.2, 0.25) is 5.91 Å². The van der Waals surface area contributed by atoms with Gasteiger partial charge in [0.15, 0.2) is 5.78 Å². The number of aliphatic carboxylic acids is 1. The number of rotatable bonds is 10. The number of aliphatic hydroxyl groups excluding tert-OH is 1. The first-order valence-corrected chi connectivity index (χ1v) is 20.8. The zero-order valence-corrected chi connectivity index (χ0v) is 34.9. The predicted octanol–water partition coefficient (Wildman–Crippen LogP) is 9.05. The Morgan fingerprint density at radius 2 is 1.57 bits per heavy atom. The van der Waals surface area contributed by atoms with E-state index in [1.807, 2.05) is 24.3 Å². The normalized spacial score (nSPS) is 35.0. The molecule has 54 heavy (non-hydrogen) atoms. The van der Waals surface area contributed by atoms with Crippen molar-refractivity contribution < 1.29 is 34.1 Å². The van der Waals surface area contributed by atoms with Crippen molar-refractivity contribution in [3.8, 4) is 0 Å². The molecule has 0 radical (unpaired) electrons.